The van der Waals surface area contributed by atoms with E-state index in [9.17, 15) is 4.79 Å². The molecular formula is C17H24N2O. The molecule has 0 aromatic heterocycles. The van der Waals surface area contributed by atoms with Crippen molar-refractivity contribution in [2.24, 2.45) is 11.8 Å². The maximum atomic E-state index is 12.6. The minimum atomic E-state index is 0.213. The second kappa shape index (κ2) is 5.47. The van der Waals surface area contributed by atoms with Crippen LogP contribution in [-0.2, 0) is 0 Å². The third kappa shape index (κ3) is 2.41. The summed E-state index contributed by atoms with van der Waals surface area (Å²) >= 11 is 0. The van der Waals surface area contributed by atoms with Crippen molar-refractivity contribution in [3.05, 3.63) is 29.3 Å². The van der Waals surface area contributed by atoms with Gasteiger partial charge in [0.05, 0.1) is 0 Å². The SMILES string of the molecule is CCNc1ccc(C(=O)N2CC3CCCC3C2)cc1C. The summed E-state index contributed by atoms with van der Waals surface area (Å²) in [6.07, 6.45) is 3.98. The minimum absolute atomic E-state index is 0.213. The highest BCUT2D eigenvalue weighted by Crippen LogP contribution is 2.38. The maximum absolute atomic E-state index is 12.6. The summed E-state index contributed by atoms with van der Waals surface area (Å²) < 4.78 is 0. The second-order valence-electron chi connectivity index (χ2n) is 6.22. The van der Waals surface area contributed by atoms with Gasteiger partial charge in [-0.2, -0.15) is 0 Å². The van der Waals surface area contributed by atoms with Gasteiger partial charge < -0.3 is 10.2 Å². The van der Waals surface area contributed by atoms with E-state index >= 15 is 0 Å². The van der Waals surface area contributed by atoms with Crippen molar-refractivity contribution < 1.29 is 4.79 Å². The lowest BCUT2D eigenvalue weighted by molar-refractivity contribution is 0.0780. The van der Waals surface area contributed by atoms with Crippen LogP contribution in [0.3, 0.4) is 0 Å². The van der Waals surface area contributed by atoms with Crippen LogP contribution in [0.25, 0.3) is 0 Å². The fraction of sp³-hybridized carbons (Fsp3) is 0.588. The number of hydrogen-bond acceptors (Lipinski definition) is 2. The Kier molecular flexibility index (Phi) is 3.68. The Hall–Kier alpha value is -1.51. The van der Waals surface area contributed by atoms with Crippen molar-refractivity contribution in [2.75, 3.05) is 25.0 Å². The second-order valence-corrected chi connectivity index (χ2v) is 6.22. The van der Waals surface area contributed by atoms with E-state index in [1.807, 2.05) is 18.2 Å². The molecular weight excluding hydrogens is 248 g/mol. The number of hydrogen-bond donors (Lipinski definition) is 1. The fourth-order valence-electron chi connectivity index (χ4n) is 3.77. The van der Waals surface area contributed by atoms with E-state index in [0.717, 1.165) is 48.3 Å². The van der Waals surface area contributed by atoms with E-state index in [-0.39, 0.29) is 5.91 Å². The summed E-state index contributed by atoms with van der Waals surface area (Å²) in [7, 11) is 0. The van der Waals surface area contributed by atoms with E-state index in [2.05, 4.69) is 24.1 Å². The smallest absolute Gasteiger partial charge is 0.253 e. The Morgan fingerprint density at radius 3 is 2.60 bits per heavy atom. The number of fused-ring (bicyclic) bond motifs is 1. The minimum Gasteiger partial charge on any atom is -0.385 e. The molecule has 3 nitrogen and oxygen atoms in total. The highest BCUT2D eigenvalue weighted by atomic mass is 16.2. The summed E-state index contributed by atoms with van der Waals surface area (Å²) in [6.45, 7) is 6.99. The molecule has 1 aliphatic carbocycles. The first-order chi connectivity index (χ1) is 9.69. The van der Waals surface area contributed by atoms with Gasteiger partial charge in [-0.1, -0.05) is 6.42 Å². The molecule has 108 valence electrons. The van der Waals surface area contributed by atoms with Crippen molar-refractivity contribution >= 4 is 11.6 Å². The lowest BCUT2D eigenvalue weighted by Gasteiger charge is -2.18. The third-order valence-corrected chi connectivity index (χ3v) is 4.85. The summed E-state index contributed by atoms with van der Waals surface area (Å²) in [5.74, 6) is 1.74. The molecule has 1 aromatic rings. The van der Waals surface area contributed by atoms with Gasteiger partial charge in [0.25, 0.3) is 5.91 Å². The van der Waals surface area contributed by atoms with Gasteiger partial charge in [-0.15, -0.1) is 0 Å². The average molecular weight is 272 g/mol. The lowest BCUT2D eigenvalue weighted by Crippen LogP contribution is -2.29. The fourth-order valence-corrected chi connectivity index (χ4v) is 3.77. The molecule has 0 bridgehead atoms. The molecule has 1 aliphatic heterocycles. The van der Waals surface area contributed by atoms with Crippen LogP contribution in [0.5, 0.6) is 0 Å². The van der Waals surface area contributed by atoms with Crippen LogP contribution in [0.4, 0.5) is 5.69 Å². The molecule has 2 fully saturated rings. The average Bonchev–Trinajstić information content (AvgIpc) is 3.01. The van der Waals surface area contributed by atoms with Crippen LogP contribution in [0.2, 0.25) is 0 Å². The zero-order chi connectivity index (χ0) is 14.1. The molecule has 3 heteroatoms. The number of carbonyl (C=O) groups is 1. The number of amides is 1. The normalized spacial score (nSPS) is 24.8. The Morgan fingerprint density at radius 2 is 2.00 bits per heavy atom. The Bertz CT molecular complexity index is 500. The monoisotopic (exact) mass is 272 g/mol. The van der Waals surface area contributed by atoms with E-state index in [1.165, 1.54) is 19.3 Å². The van der Waals surface area contributed by atoms with E-state index < -0.39 is 0 Å². The number of benzene rings is 1. The van der Waals surface area contributed by atoms with Crippen LogP contribution in [-0.4, -0.2) is 30.4 Å². The van der Waals surface area contributed by atoms with Gasteiger partial charge in [-0.25, -0.2) is 0 Å². The van der Waals surface area contributed by atoms with Gasteiger partial charge in [-0.05, 0) is 62.3 Å². The first-order valence-electron chi connectivity index (χ1n) is 7.83. The van der Waals surface area contributed by atoms with Gasteiger partial charge in [-0.3, -0.25) is 4.79 Å². The van der Waals surface area contributed by atoms with Gasteiger partial charge in [0, 0.05) is 30.9 Å². The lowest BCUT2D eigenvalue weighted by atomic mass is 10.0. The molecule has 20 heavy (non-hydrogen) atoms. The van der Waals surface area contributed by atoms with Gasteiger partial charge in [0.1, 0.15) is 0 Å². The van der Waals surface area contributed by atoms with E-state index in [0.29, 0.717) is 0 Å². The van der Waals surface area contributed by atoms with E-state index in [1.54, 1.807) is 0 Å². The number of anilines is 1. The maximum Gasteiger partial charge on any atom is 0.253 e. The first-order valence-corrected chi connectivity index (χ1v) is 7.83. The summed E-state index contributed by atoms with van der Waals surface area (Å²) in [5, 5.41) is 3.32. The Morgan fingerprint density at radius 1 is 1.30 bits per heavy atom. The van der Waals surface area contributed by atoms with Crippen LogP contribution in [0.1, 0.15) is 42.1 Å². The molecule has 1 amide bonds. The van der Waals surface area contributed by atoms with Crippen molar-refractivity contribution in [3.63, 3.8) is 0 Å². The van der Waals surface area contributed by atoms with Crippen molar-refractivity contribution in [1.29, 1.82) is 0 Å². The quantitative estimate of drug-likeness (QED) is 0.915. The molecule has 2 atom stereocenters. The number of aryl methyl sites for hydroxylation is 1. The predicted octanol–water partition coefficient (Wildman–Crippen LogP) is 3.30. The van der Waals surface area contributed by atoms with Gasteiger partial charge >= 0.3 is 0 Å². The van der Waals surface area contributed by atoms with Gasteiger partial charge in [0.2, 0.25) is 0 Å². The highest BCUT2D eigenvalue weighted by molar-refractivity contribution is 5.95. The molecule has 1 N–H and O–H groups in total. The molecule has 1 aromatic carbocycles. The molecule has 1 heterocycles. The summed E-state index contributed by atoms with van der Waals surface area (Å²) in [6, 6.07) is 6.01. The zero-order valence-electron chi connectivity index (χ0n) is 12.5. The van der Waals surface area contributed by atoms with Crippen LogP contribution >= 0.6 is 0 Å². The molecule has 0 spiro atoms. The predicted molar refractivity (Wildman–Crippen MR) is 82.1 cm³/mol. The van der Waals surface area contributed by atoms with E-state index in [4.69, 9.17) is 0 Å². The van der Waals surface area contributed by atoms with Crippen molar-refractivity contribution in [2.45, 2.75) is 33.1 Å². The third-order valence-electron chi connectivity index (χ3n) is 4.85. The molecule has 0 radical (unpaired) electrons. The Labute approximate surface area is 121 Å². The summed E-state index contributed by atoms with van der Waals surface area (Å²) in [5.41, 5.74) is 3.11. The molecule has 3 rings (SSSR count). The standard InChI is InChI=1S/C17H24N2O/c1-3-18-16-8-7-13(9-12(16)2)17(20)19-10-14-5-4-6-15(14)11-19/h7-9,14-15,18H,3-6,10-11H2,1-2H3. The first kappa shape index (κ1) is 13.5. The molecule has 2 aliphatic rings. The van der Waals surface area contributed by atoms with Crippen molar-refractivity contribution in [1.82, 2.24) is 4.90 Å². The number of carbonyl (C=O) groups excluding carboxylic acids is 1. The Balaban J connectivity index is 1.73. The number of nitrogens with zero attached hydrogens (tertiary/aromatic N) is 1. The molecule has 2 unspecified atom stereocenters. The molecule has 1 saturated carbocycles. The molecule has 1 saturated heterocycles. The number of rotatable bonds is 3. The van der Waals surface area contributed by atoms with Crippen molar-refractivity contribution in [3.8, 4) is 0 Å². The highest BCUT2D eigenvalue weighted by Gasteiger charge is 2.38. The largest absolute Gasteiger partial charge is 0.385 e. The topological polar surface area (TPSA) is 32.3 Å². The van der Waals surface area contributed by atoms with Gasteiger partial charge in [0.15, 0.2) is 0 Å². The van der Waals surface area contributed by atoms with Crippen LogP contribution in [0.15, 0.2) is 18.2 Å². The van der Waals surface area contributed by atoms with Crippen LogP contribution in [0, 0.1) is 18.8 Å². The zero-order valence-corrected chi connectivity index (χ0v) is 12.5. The number of likely N-dealkylation sites (tertiary alicyclic amines) is 1. The number of nitrogens with one attached hydrogen (secondary N) is 1. The summed E-state index contributed by atoms with van der Waals surface area (Å²) in [4.78, 5) is 14.7. The van der Waals surface area contributed by atoms with Crippen LogP contribution < -0.4 is 5.32 Å².